The van der Waals surface area contributed by atoms with Gasteiger partial charge in [0.25, 0.3) is 0 Å². The third kappa shape index (κ3) is 2.91. The minimum absolute atomic E-state index is 0.0539. The number of hydrogen-bond donors (Lipinski definition) is 1. The monoisotopic (exact) mass is 246 g/mol. The molecule has 0 saturated carbocycles. The second-order valence-electron chi connectivity index (χ2n) is 5.02. The van der Waals surface area contributed by atoms with Crippen LogP contribution in [-0.4, -0.2) is 30.4 Å². The Hall–Kier alpha value is -1.35. The van der Waals surface area contributed by atoms with E-state index in [1.807, 2.05) is 18.0 Å². The lowest BCUT2D eigenvalue weighted by Crippen LogP contribution is -2.48. The van der Waals surface area contributed by atoms with E-state index in [-0.39, 0.29) is 11.9 Å². The topological polar surface area (TPSA) is 32.3 Å². The van der Waals surface area contributed by atoms with E-state index in [0.717, 1.165) is 32.4 Å². The van der Waals surface area contributed by atoms with Gasteiger partial charge in [0.2, 0.25) is 5.91 Å². The van der Waals surface area contributed by atoms with Crippen LogP contribution < -0.4 is 5.32 Å². The van der Waals surface area contributed by atoms with Crippen molar-refractivity contribution in [3.8, 4) is 0 Å². The molecule has 0 fully saturated rings. The molecule has 1 aliphatic rings. The van der Waals surface area contributed by atoms with E-state index in [4.69, 9.17) is 0 Å². The van der Waals surface area contributed by atoms with E-state index in [1.54, 1.807) is 0 Å². The summed E-state index contributed by atoms with van der Waals surface area (Å²) in [6.45, 7) is 3.80. The lowest BCUT2D eigenvalue weighted by Gasteiger charge is -2.29. The SMILES string of the molecule is CCCCN(C)C(=O)[C@H]1Cc2ccccc2CN1. The van der Waals surface area contributed by atoms with Crippen molar-refractivity contribution in [2.75, 3.05) is 13.6 Å². The second kappa shape index (κ2) is 6.01. The molecule has 1 N–H and O–H groups in total. The summed E-state index contributed by atoms with van der Waals surface area (Å²) in [5.74, 6) is 0.220. The number of nitrogens with one attached hydrogen (secondary N) is 1. The first-order valence-corrected chi connectivity index (χ1v) is 6.77. The zero-order valence-electron chi connectivity index (χ0n) is 11.3. The van der Waals surface area contributed by atoms with Gasteiger partial charge in [0.1, 0.15) is 0 Å². The Morgan fingerprint density at radius 1 is 1.39 bits per heavy atom. The summed E-state index contributed by atoms with van der Waals surface area (Å²) >= 11 is 0. The van der Waals surface area contributed by atoms with Gasteiger partial charge in [0.05, 0.1) is 6.04 Å². The normalized spacial score (nSPS) is 18.2. The molecule has 0 radical (unpaired) electrons. The van der Waals surface area contributed by atoms with Gasteiger partial charge in [-0.05, 0) is 24.0 Å². The van der Waals surface area contributed by atoms with Gasteiger partial charge < -0.3 is 10.2 Å². The quantitative estimate of drug-likeness (QED) is 0.881. The largest absolute Gasteiger partial charge is 0.344 e. The molecule has 1 amide bonds. The Balaban J connectivity index is 1.98. The van der Waals surface area contributed by atoms with Crippen LogP contribution in [0.15, 0.2) is 24.3 Å². The van der Waals surface area contributed by atoms with Crippen LogP contribution in [0.25, 0.3) is 0 Å². The van der Waals surface area contributed by atoms with Crippen LogP contribution in [0.1, 0.15) is 30.9 Å². The van der Waals surface area contributed by atoms with Crippen molar-refractivity contribution >= 4 is 5.91 Å². The molecule has 1 heterocycles. The molecule has 0 bridgehead atoms. The number of unbranched alkanes of at least 4 members (excludes halogenated alkanes) is 1. The van der Waals surface area contributed by atoms with Gasteiger partial charge in [-0.1, -0.05) is 37.6 Å². The standard InChI is InChI=1S/C15H22N2O/c1-3-4-9-17(2)15(18)14-10-12-7-5-6-8-13(12)11-16-14/h5-8,14,16H,3-4,9-11H2,1-2H3/t14-/m1/s1. The maximum Gasteiger partial charge on any atom is 0.239 e. The number of carbonyl (C=O) groups excluding carboxylic acids is 1. The Kier molecular flexibility index (Phi) is 4.37. The lowest BCUT2D eigenvalue weighted by atomic mass is 9.95. The van der Waals surface area contributed by atoms with Crippen molar-refractivity contribution < 1.29 is 4.79 Å². The Morgan fingerprint density at radius 3 is 2.83 bits per heavy atom. The molecule has 1 atom stereocenters. The highest BCUT2D eigenvalue weighted by Gasteiger charge is 2.25. The summed E-state index contributed by atoms with van der Waals surface area (Å²) in [5, 5.41) is 3.34. The summed E-state index contributed by atoms with van der Waals surface area (Å²) in [7, 11) is 1.90. The van der Waals surface area contributed by atoms with Gasteiger partial charge >= 0.3 is 0 Å². The average Bonchev–Trinajstić information content (AvgIpc) is 2.43. The third-order valence-electron chi connectivity index (χ3n) is 3.60. The molecule has 3 nitrogen and oxygen atoms in total. The van der Waals surface area contributed by atoms with E-state index in [2.05, 4.69) is 30.4 Å². The van der Waals surface area contributed by atoms with Crippen LogP contribution in [0.2, 0.25) is 0 Å². The van der Waals surface area contributed by atoms with E-state index in [9.17, 15) is 4.79 Å². The lowest BCUT2D eigenvalue weighted by molar-refractivity contribution is -0.132. The first kappa shape index (κ1) is 13.1. The van der Waals surface area contributed by atoms with Crippen LogP contribution in [-0.2, 0) is 17.8 Å². The minimum Gasteiger partial charge on any atom is -0.344 e. The Bertz CT molecular complexity index is 417. The first-order chi connectivity index (χ1) is 8.72. The van der Waals surface area contributed by atoms with Crippen LogP contribution in [0.3, 0.4) is 0 Å². The Labute approximate surface area is 109 Å². The number of likely N-dealkylation sites (N-methyl/N-ethyl adjacent to an activating group) is 1. The maximum absolute atomic E-state index is 12.3. The number of nitrogens with zero attached hydrogens (tertiary/aromatic N) is 1. The zero-order chi connectivity index (χ0) is 13.0. The smallest absolute Gasteiger partial charge is 0.239 e. The highest BCUT2D eigenvalue weighted by Crippen LogP contribution is 2.17. The summed E-state index contributed by atoms with van der Waals surface area (Å²) in [4.78, 5) is 14.1. The molecule has 98 valence electrons. The van der Waals surface area contributed by atoms with E-state index in [0.29, 0.717) is 0 Å². The summed E-state index contributed by atoms with van der Waals surface area (Å²) in [6, 6.07) is 8.30. The van der Waals surface area contributed by atoms with Crippen molar-refractivity contribution in [2.45, 2.75) is 38.8 Å². The summed E-state index contributed by atoms with van der Waals surface area (Å²) in [6.07, 6.45) is 3.01. The van der Waals surface area contributed by atoms with Crippen molar-refractivity contribution in [1.82, 2.24) is 10.2 Å². The van der Waals surface area contributed by atoms with Gasteiger partial charge in [-0.25, -0.2) is 0 Å². The molecule has 1 aromatic carbocycles. The highest BCUT2D eigenvalue weighted by molar-refractivity contribution is 5.82. The molecule has 1 aliphatic heterocycles. The van der Waals surface area contributed by atoms with Gasteiger partial charge in [0.15, 0.2) is 0 Å². The summed E-state index contributed by atoms with van der Waals surface area (Å²) in [5.41, 5.74) is 2.62. The maximum atomic E-state index is 12.3. The predicted octanol–water partition coefficient (Wildman–Crippen LogP) is 1.96. The molecular weight excluding hydrogens is 224 g/mol. The van der Waals surface area contributed by atoms with Crippen LogP contribution in [0, 0.1) is 0 Å². The van der Waals surface area contributed by atoms with Gasteiger partial charge in [-0.3, -0.25) is 4.79 Å². The molecule has 0 unspecified atom stereocenters. The highest BCUT2D eigenvalue weighted by atomic mass is 16.2. The number of amides is 1. The predicted molar refractivity (Wildman–Crippen MR) is 73.3 cm³/mol. The van der Waals surface area contributed by atoms with Crippen molar-refractivity contribution in [1.29, 1.82) is 0 Å². The fraction of sp³-hybridized carbons (Fsp3) is 0.533. The minimum atomic E-state index is -0.0539. The molecule has 0 spiro atoms. The van der Waals surface area contributed by atoms with Gasteiger partial charge in [-0.2, -0.15) is 0 Å². The zero-order valence-corrected chi connectivity index (χ0v) is 11.3. The molecule has 1 aromatic rings. The van der Waals surface area contributed by atoms with Crippen LogP contribution in [0.4, 0.5) is 0 Å². The molecule has 0 aromatic heterocycles. The molecule has 0 saturated heterocycles. The average molecular weight is 246 g/mol. The first-order valence-electron chi connectivity index (χ1n) is 6.77. The number of benzene rings is 1. The van der Waals surface area contributed by atoms with Gasteiger partial charge in [0, 0.05) is 20.1 Å². The number of fused-ring (bicyclic) bond motifs is 1. The van der Waals surface area contributed by atoms with Crippen molar-refractivity contribution in [2.24, 2.45) is 0 Å². The molecule has 18 heavy (non-hydrogen) atoms. The van der Waals surface area contributed by atoms with Crippen molar-refractivity contribution in [3.63, 3.8) is 0 Å². The van der Waals surface area contributed by atoms with E-state index < -0.39 is 0 Å². The fourth-order valence-electron chi connectivity index (χ4n) is 2.40. The molecule has 2 rings (SSSR count). The molecular formula is C15H22N2O. The number of hydrogen-bond acceptors (Lipinski definition) is 2. The second-order valence-corrected chi connectivity index (χ2v) is 5.02. The molecule has 3 heteroatoms. The van der Waals surface area contributed by atoms with Crippen molar-refractivity contribution in [3.05, 3.63) is 35.4 Å². The fourth-order valence-corrected chi connectivity index (χ4v) is 2.40. The third-order valence-corrected chi connectivity index (χ3v) is 3.60. The van der Waals surface area contributed by atoms with E-state index >= 15 is 0 Å². The van der Waals surface area contributed by atoms with E-state index in [1.165, 1.54) is 11.1 Å². The van der Waals surface area contributed by atoms with Crippen LogP contribution >= 0.6 is 0 Å². The Morgan fingerprint density at radius 2 is 2.11 bits per heavy atom. The summed E-state index contributed by atoms with van der Waals surface area (Å²) < 4.78 is 0. The van der Waals surface area contributed by atoms with Crippen LogP contribution in [0.5, 0.6) is 0 Å². The molecule has 0 aliphatic carbocycles. The van der Waals surface area contributed by atoms with Gasteiger partial charge in [-0.15, -0.1) is 0 Å². The number of carbonyl (C=O) groups is 1. The number of rotatable bonds is 4.